The number of piperidine rings is 1. The molecule has 0 bridgehead atoms. The van der Waals surface area contributed by atoms with E-state index in [9.17, 15) is 0 Å². The number of para-hydroxylation sites is 2. The molecule has 0 aliphatic carbocycles. The van der Waals surface area contributed by atoms with Crippen LogP contribution in [0.1, 0.15) is 18.5 Å². The van der Waals surface area contributed by atoms with E-state index < -0.39 is 0 Å². The Kier molecular flexibility index (Phi) is 3.90. The minimum atomic E-state index is 0.466. The van der Waals surface area contributed by atoms with Crippen LogP contribution in [-0.4, -0.2) is 38.7 Å². The normalized spacial score (nSPS) is 15.8. The highest BCUT2D eigenvalue weighted by Crippen LogP contribution is 2.22. The lowest BCUT2D eigenvalue weighted by Gasteiger charge is -2.24. The summed E-state index contributed by atoms with van der Waals surface area (Å²) >= 11 is 0. The predicted molar refractivity (Wildman–Crippen MR) is 90.4 cm³/mol. The number of nitrogens with zero attached hydrogens (tertiary/aromatic N) is 4. The highest BCUT2D eigenvalue weighted by Gasteiger charge is 2.17. The van der Waals surface area contributed by atoms with Gasteiger partial charge in [0.15, 0.2) is 0 Å². The summed E-state index contributed by atoms with van der Waals surface area (Å²) in [4.78, 5) is 13.4. The van der Waals surface area contributed by atoms with Gasteiger partial charge in [0.2, 0.25) is 5.95 Å². The van der Waals surface area contributed by atoms with E-state index in [4.69, 9.17) is 4.98 Å². The molecule has 118 valence electrons. The Balaban J connectivity index is 1.69. The van der Waals surface area contributed by atoms with E-state index in [0.29, 0.717) is 12.6 Å². The molecule has 1 aliphatic heterocycles. The van der Waals surface area contributed by atoms with Gasteiger partial charge in [0.1, 0.15) is 0 Å². The summed E-state index contributed by atoms with van der Waals surface area (Å²) in [6.07, 6.45) is 7.48. The van der Waals surface area contributed by atoms with Gasteiger partial charge in [0.05, 0.1) is 29.5 Å². The van der Waals surface area contributed by atoms with Crippen LogP contribution in [0.25, 0.3) is 11.0 Å². The van der Waals surface area contributed by atoms with Crippen LogP contribution in [0.2, 0.25) is 0 Å². The summed E-state index contributed by atoms with van der Waals surface area (Å²) < 4.78 is 2.20. The number of hydrogen-bond acceptors (Lipinski definition) is 5. The molecule has 1 aromatic carbocycles. The first-order valence-electron chi connectivity index (χ1n) is 8.07. The molecule has 6 heteroatoms. The van der Waals surface area contributed by atoms with Crippen molar-refractivity contribution in [3.63, 3.8) is 0 Å². The number of anilines is 1. The van der Waals surface area contributed by atoms with Crippen molar-refractivity contribution in [1.82, 2.24) is 24.8 Å². The van der Waals surface area contributed by atoms with Gasteiger partial charge >= 0.3 is 0 Å². The Morgan fingerprint density at radius 2 is 2.04 bits per heavy atom. The lowest BCUT2D eigenvalue weighted by Crippen LogP contribution is -2.36. The fourth-order valence-electron chi connectivity index (χ4n) is 3.07. The van der Waals surface area contributed by atoms with Crippen LogP contribution in [0.15, 0.2) is 42.9 Å². The monoisotopic (exact) mass is 308 g/mol. The van der Waals surface area contributed by atoms with Crippen molar-refractivity contribution >= 4 is 17.0 Å². The third-order valence-corrected chi connectivity index (χ3v) is 4.26. The summed E-state index contributed by atoms with van der Waals surface area (Å²) in [6, 6.07) is 8.69. The van der Waals surface area contributed by atoms with Crippen molar-refractivity contribution in [3.05, 3.63) is 48.5 Å². The average Bonchev–Trinajstić information content (AvgIpc) is 2.94. The van der Waals surface area contributed by atoms with E-state index in [2.05, 4.69) is 37.3 Å². The SMILES string of the molecule is c1ccc2c(c1)nc(NC1CCNCC1)n2Cc1cnccn1. The van der Waals surface area contributed by atoms with Crippen LogP contribution in [0.5, 0.6) is 0 Å². The third-order valence-electron chi connectivity index (χ3n) is 4.26. The van der Waals surface area contributed by atoms with Crippen molar-refractivity contribution in [2.24, 2.45) is 0 Å². The van der Waals surface area contributed by atoms with E-state index in [-0.39, 0.29) is 0 Å². The maximum atomic E-state index is 4.79. The Morgan fingerprint density at radius 1 is 1.17 bits per heavy atom. The van der Waals surface area contributed by atoms with Crippen LogP contribution >= 0.6 is 0 Å². The minimum Gasteiger partial charge on any atom is -0.353 e. The predicted octanol–water partition coefficient (Wildman–Crippen LogP) is 2.04. The maximum Gasteiger partial charge on any atom is 0.204 e. The topological polar surface area (TPSA) is 67.7 Å². The molecule has 2 aromatic heterocycles. The molecule has 6 nitrogen and oxygen atoms in total. The largest absolute Gasteiger partial charge is 0.353 e. The molecule has 0 atom stereocenters. The summed E-state index contributed by atoms with van der Waals surface area (Å²) in [7, 11) is 0. The number of fused-ring (bicyclic) bond motifs is 1. The van der Waals surface area contributed by atoms with E-state index in [1.54, 1.807) is 12.4 Å². The number of rotatable bonds is 4. The summed E-state index contributed by atoms with van der Waals surface area (Å²) in [5, 5.41) is 7.02. The van der Waals surface area contributed by atoms with Gasteiger partial charge in [-0.2, -0.15) is 0 Å². The smallest absolute Gasteiger partial charge is 0.204 e. The maximum absolute atomic E-state index is 4.79. The molecular formula is C17H20N6. The van der Waals surface area contributed by atoms with Crippen molar-refractivity contribution in [2.75, 3.05) is 18.4 Å². The van der Waals surface area contributed by atoms with Crippen molar-refractivity contribution < 1.29 is 0 Å². The fourth-order valence-corrected chi connectivity index (χ4v) is 3.07. The van der Waals surface area contributed by atoms with Gasteiger partial charge in [-0.15, -0.1) is 0 Å². The Labute approximate surface area is 135 Å². The van der Waals surface area contributed by atoms with Crippen LogP contribution in [0.3, 0.4) is 0 Å². The molecule has 0 spiro atoms. The standard InChI is InChI=1S/C17H20N6/c1-2-4-16-15(3-1)22-17(21-13-5-7-18-8-6-13)23(16)12-14-11-19-9-10-20-14/h1-4,9-11,13,18H,5-8,12H2,(H,21,22). The Hall–Kier alpha value is -2.47. The average molecular weight is 308 g/mol. The molecule has 0 radical (unpaired) electrons. The van der Waals surface area contributed by atoms with Crippen molar-refractivity contribution in [1.29, 1.82) is 0 Å². The van der Waals surface area contributed by atoms with Gasteiger partial charge in [-0.05, 0) is 38.1 Å². The summed E-state index contributed by atoms with van der Waals surface area (Å²) in [5.41, 5.74) is 3.06. The number of hydrogen-bond donors (Lipinski definition) is 2. The molecule has 0 saturated carbocycles. The quantitative estimate of drug-likeness (QED) is 0.772. The molecule has 1 fully saturated rings. The molecule has 1 saturated heterocycles. The van der Waals surface area contributed by atoms with Gasteiger partial charge in [-0.25, -0.2) is 4.98 Å². The molecule has 3 heterocycles. The van der Waals surface area contributed by atoms with Crippen LogP contribution in [0.4, 0.5) is 5.95 Å². The van der Waals surface area contributed by atoms with E-state index in [1.807, 2.05) is 18.3 Å². The zero-order valence-electron chi connectivity index (χ0n) is 12.9. The van der Waals surface area contributed by atoms with Gasteiger partial charge in [-0.1, -0.05) is 12.1 Å². The summed E-state index contributed by atoms with van der Waals surface area (Å²) in [5.74, 6) is 0.920. The van der Waals surface area contributed by atoms with Gasteiger partial charge in [0, 0.05) is 18.4 Å². The second-order valence-electron chi connectivity index (χ2n) is 5.88. The Morgan fingerprint density at radius 3 is 2.87 bits per heavy atom. The minimum absolute atomic E-state index is 0.466. The number of imidazole rings is 1. The highest BCUT2D eigenvalue weighted by atomic mass is 15.2. The second kappa shape index (κ2) is 6.34. The molecular weight excluding hydrogens is 288 g/mol. The molecule has 23 heavy (non-hydrogen) atoms. The third kappa shape index (κ3) is 3.03. The van der Waals surface area contributed by atoms with Crippen LogP contribution < -0.4 is 10.6 Å². The fraction of sp³-hybridized carbons (Fsp3) is 0.353. The van der Waals surface area contributed by atoms with Crippen molar-refractivity contribution in [2.45, 2.75) is 25.4 Å². The first-order valence-corrected chi connectivity index (χ1v) is 8.07. The number of nitrogens with one attached hydrogen (secondary N) is 2. The molecule has 4 rings (SSSR count). The molecule has 0 amide bonds. The van der Waals surface area contributed by atoms with E-state index in [0.717, 1.165) is 48.6 Å². The zero-order valence-corrected chi connectivity index (χ0v) is 12.9. The lowest BCUT2D eigenvalue weighted by atomic mass is 10.1. The summed E-state index contributed by atoms with van der Waals surface area (Å²) in [6.45, 7) is 2.78. The molecule has 1 aliphatic rings. The van der Waals surface area contributed by atoms with E-state index in [1.165, 1.54) is 0 Å². The second-order valence-corrected chi connectivity index (χ2v) is 5.88. The number of benzene rings is 1. The Bertz CT molecular complexity index is 776. The first kappa shape index (κ1) is 14.1. The van der Waals surface area contributed by atoms with Gasteiger partial charge in [0.25, 0.3) is 0 Å². The molecule has 0 unspecified atom stereocenters. The zero-order chi connectivity index (χ0) is 15.5. The highest BCUT2D eigenvalue weighted by molar-refractivity contribution is 5.78. The van der Waals surface area contributed by atoms with Gasteiger partial charge in [-0.3, -0.25) is 9.97 Å². The number of aromatic nitrogens is 4. The van der Waals surface area contributed by atoms with Crippen LogP contribution in [0, 0.1) is 0 Å². The van der Waals surface area contributed by atoms with E-state index >= 15 is 0 Å². The van der Waals surface area contributed by atoms with Crippen molar-refractivity contribution in [3.8, 4) is 0 Å². The van der Waals surface area contributed by atoms with Gasteiger partial charge < -0.3 is 15.2 Å². The lowest BCUT2D eigenvalue weighted by molar-refractivity contribution is 0.476. The molecule has 3 aromatic rings. The van der Waals surface area contributed by atoms with Crippen LogP contribution in [-0.2, 0) is 6.54 Å². The molecule has 2 N–H and O–H groups in total. The first-order chi connectivity index (χ1) is 11.4.